The highest BCUT2D eigenvalue weighted by molar-refractivity contribution is 7.89. The van der Waals surface area contributed by atoms with Crippen molar-refractivity contribution >= 4 is 22.0 Å². The van der Waals surface area contributed by atoms with Crippen molar-refractivity contribution in [2.24, 2.45) is 5.92 Å². The molecule has 2 rings (SSSR count). The van der Waals surface area contributed by atoms with Crippen molar-refractivity contribution in [2.75, 3.05) is 20.2 Å². The number of ether oxygens (including phenoxy) is 1. The highest BCUT2D eigenvalue weighted by atomic mass is 32.2. The van der Waals surface area contributed by atoms with Gasteiger partial charge in [0.05, 0.1) is 23.5 Å². The molecular formula is C13H14FNO6S. The maximum absolute atomic E-state index is 13.6. The lowest BCUT2D eigenvalue weighted by molar-refractivity contribution is -0.141. The smallest absolute Gasteiger partial charge is 0.337 e. The van der Waals surface area contributed by atoms with Crippen LogP contribution in [0.4, 0.5) is 4.39 Å². The third kappa shape index (κ3) is 3.09. The highest BCUT2D eigenvalue weighted by Crippen LogP contribution is 2.25. The Bertz CT molecular complexity index is 717. The van der Waals surface area contributed by atoms with Crippen molar-refractivity contribution in [3.05, 3.63) is 29.6 Å². The molecule has 1 aliphatic heterocycles. The molecule has 1 N–H and O–H groups in total. The quantitative estimate of drug-likeness (QED) is 0.815. The maximum Gasteiger partial charge on any atom is 0.337 e. The Morgan fingerprint density at radius 3 is 2.59 bits per heavy atom. The lowest BCUT2D eigenvalue weighted by Gasteiger charge is -2.16. The Hall–Kier alpha value is -2.00. The zero-order valence-corrected chi connectivity index (χ0v) is 12.5. The number of carbonyl (C=O) groups excluding carboxylic acids is 1. The van der Waals surface area contributed by atoms with Crippen LogP contribution in [0.15, 0.2) is 23.1 Å². The fourth-order valence-electron chi connectivity index (χ4n) is 2.24. The molecule has 7 nitrogen and oxygen atoms in total. The SMILES string of the molecule is COC(=O)c1cc(F)cc(S(=O)(=O)N2CCC(C(=O)O)C2)c1. The van der Waals surface area contributed by atoms with E-state index >= 15 is 0 Å². The van der Waals surface area contributed by atoms with E-state index in [2.05, 4.69) is 4.74 Å². The summed E-state index contributed by atoms with van der Waals surface area (Å²) in [5.41, 5.74) is -0.227. The Balaban J connectivity index is 2.36. The number of carbonyl (C=O) groups is 2. The first-order valence-electron chi connectivity index (χ1n) is 6.37. The van der Waals surface area contributed by atoms with E-state index in [0.717, 1.165) is 29.6 Å². The van der Waals surface area contributed by atoms with Crippen molar-refractivity contribution in [1.82, 2.24) is 4.31 Å². The second-order valence-electron chi connectivity index (χ2n) is 4.85. The molecule has 1 aromatic carbocycles. The fraction of sp³-hybridized carbons (Fsp3) is 0.385. The molecule has 9 heteroatoms. The molecule has 120 valence electrons. The van der Waals surface area contributed by atoms with E-state index in [9.17, 15) is 22.4 Å². The average molecular weight is 331 g/mol. The summed E-state index contributed by atoms with van der Waals surface area (Å²) in [5, 5.41) is 8.92. The van der Waals surface area contributed by atoms with Crippen LogP contribution in [0, 0.1) is 11.7 Å². The fourth-order valence-corrected chi connectivity index (χ4v) is 3.80. The summed E-state index contributed by atoms with van der Waals surface area (Å²) in [6.07, 6.45) is 0.188. The van der Waals surface area contributed by atoms with Gasteiger partial charge in [-0.1, -0.05) is 0 Å². The Morgan fingerprint density at radius 2 is 2.05 bits per heavy atom. The molecule has 22 heavy (non-hydrogen) atoms. The summed E-state index contributed by atoms with van der Waals surface area (Å²) in [6, 6.07) is 2.67. The van der Waals surface area contributed by atoms with Gasteiger partial charge in [0.1, 0.15) is 5.82 Å². The van der Waals surface area contributed by atoms with E-state index in [1.54, 1.807) is 0 Å². The number of esters is 1. The number of nitrogens with zero attached hydrogens (tertiary/aromatic N) is 1. The normalized spacial score (nSPS) is 19.1. The zero-order chi connectivity index (χ0) is 16.5. The minimum absolute atomic E-state index is 0.0311. The number of methoxy groups -OCH3 is 1. The van der Waals surface area contributed by atoms with Crippen molar-refractivity contribution in [2.45, 2.75) is 11.3 Å². The molecule has 1 saturated heterocycles. The topological polar surface area (TPSA) is 101 Å². The lowest BCUT2D eigenvalue weighted by atomic mass is 10.1. The van der Waals surface area contributed by atoms with Gasteiger partial charge in [0.2, 0.25) is 10.0 Å². The molecule has 1 heterocycles. The zero-order valence-electron chi connectivity index (χ0n) is 11.7. The van der Waals surface area contributed by atoms with Crippen LogP contribution in [0.1, 0.15) is 16.8 Å². The Labute approximate surface area is 126 Å². The van der Waals surface area contributed by atoms with E-state index in [4.69, 9.17) is 5.11 Å². The van der Waals surface area contributed by atoms with Crippen LogP contribution in [0.2, 0.25) is 0 Å². The molecule has 0 aliphatic carbocycles. The van der Waals surface area contributed by atoms with Crippen LogP contribution >= 0.6 is 0 Å². The van der Waals surface area contributed by atoms with E-state index < -0.39 is 38.6 Å². The van der Waals surface area contributed by atoms with Gasteiger partial charge in [-0.3, -0.25) is 4.79 Å². The van der Waals surface area contributed by atoms with Gasteiger partial charge in [-0.25, -0.2) is 17.6 Å². The molecule has 1 atom stereocenters. The largest absolute Gasteiger partial charge is 0.481 e. The first kappa shape index (κ1) is 16.4. The van der Waals surface area contributed by atoms with Gasteiger partial charge in [0.25, 0.3) is 0 Å². The molecule has 1 aliphatic rings. The van der Waals surface area contributed by atoms with Crippen LogP contribution in [-0.4, -0.2) is 50.0 Å². The number of aliphatic carboxylic acids is 1. The van der Waals surface area contributed by atoms with E-state index in [-0.39, 0.29) is 25.1 Å². The predicted molar refractivity (Wildman–Crippen MR) is 72.2 cm³/mol. The standard InChI is InChI=1S/C13H14FNO6S/c1-21-13(18)9-4-10(14)6-11(5-9)22(19,20)15-3-2-8(7-15)12(16)17/h4-6,8H,2-3,7H2,1H3,(H,16,17). The number of hydrogen-bond donors (Lipinski definition) is 1. The molecule has 0 spiro atoms. The van der Waals surface area contributed by atoms with E-state index in [1.807, 2.05) is 0 Å². The number of carboxylic acid groups (broad SMARTS) is 1. The van der Waals surface area contributed by atoms with Gasteiger partial charge in [-0.15, -0.1) is 0 Å². The first-order valence-corrected chi connectivity index (χ1v) is 7.81. The molecule has 1 unspecified atom stereocenters. The Morgan fingerprint density at radius 1 is 1.36 bits per heavy atom. The van der Waals surface area contributed by atoms with Gasteiger partial charge in [-0.2, -0.15) is 4.31 Å². The monoisotopic (exact) mass is 331 g/mol. The number of hydrogen-bond acceptors (Lipinski definition) is 5. The summed E-state index contributed by atoms with van der Waals surface area (Å²) < 4.78 is 43.8. The maximum atomic E-state index is 13.6. The van der Waals surface area contributed by atoms with Crippen molar-refractivity contribution in [1.29, 1.82) is 0 Å². The predicted octanol–water partition coefficient (Wildman–Crippen LogP) is 0.708. The van der Waals surface area contributed by atoms with Crippen LogP contribution in [-0.2, 0) is 19.6 Å². The van der Waals surface area contributed by atoms with Gasteiger partial charge >= 0.3 is 11.9 Å². The van der Waals surface area contributed by atoms with Crippen molar-refractivity contribution in [3.63, 3.8) is 0 Å². The summed E-state index contributed by atoms with van der Waals surface area (Å²) in [4.78, 5) is 21.9. The van der Waals surface area contributed by atoms with Crippen LogP contribution in [0.25, 0.3) is 0 Å². The number of sulfonamides is 1. The molecule has 0 aromatic heterocycles. The first-order chi connectivity index (χ1) is 10.3. The molecule has 0 radical (unpaired) electrons. The second-order valence-corrected chi connectivity index (χ2v) is 6.79. The number of carboxylic acids is 1. The highest BCUT2D eigenvalue weighted by Gasteiger charge is 2.36. The summed E-state index contributed by atoms with van der Waals surface area (Å²) in [6.45, 7) is -0.148. The molecular weight excluding hydrogens is 317 g/mol. The Kier molecular flexibility index (Phi) is 4.47. The van der Waals surface area contributed by atoms with Crippen LogP contribution < -0.4 is 0 Å². The second kappa shape index (κ2) is 6.01. The third-order valence-electron chi connectivity index (χ3n) is 3.43. The molecule has 0 amide bonds. The lowest BCUT2D eigenvalue weighted by Crippen LogP contribution is -2.30. The number of rotatable bonds is 4. The summed E-state index contributed by atoms with van der Waals surface area (Å²) >= 11 is 0. The van der Waals surface area contributed by atoms with Gasteiger partial charge in [0.15, 0.2) is 0 Å². The molecule has 0 bridgehead atoms. The third-order valence-corrected chi connectivity index (χ3v) is 5.27. The van der Waals surface area contributed by atoms with Crippen LogP contribution in [0.5, 0.6) is 0 Å². The molecule has 1 aromatic rings. The van der Waals surface area contributed by atoms with Crippen molar-refractivity contribution < 1.29 is 32.2 Å². The summed E-state index contributed by atoms with van der Waals surface area (Å²) in [7, 11) is -2.97. The number of benzene rings is 1. The van der Waals surface area contributed by atoms with Crippen molar-refractivity contribution in [3.8, 4) is 0 Å². The van der Waals surface area contributed by atoms with E-state index in [1.165, 1.54) is 0 Å². The summed E-state index contributed by atoms with van der Waals surface area (Å²) in [5.74, 6) is -3.62. The average Bonchev–Trinajstić information content (AvgIpc) is 2.96. The molecule has 0 saturated carbocycles. The van der Waals surface area contributed by atoms with Gasteiger partial charge in [-0.05, 0) is 24.6 Å². The van der Waals surface area contributed by atoms with E-state index in [0.29, 0.717) is 0 Å². The van der Waals surface area contributed by atoms with Gasteiger partial charge < -0.3 is 9.84 Å². The number of halogens is 1. The van der Waals surface area contributed by atoms with Gasteiger partial charge in [0, 0.05) is 13.1 Å². The van der Waals surface area contributed by atoms with Crippen LogP contribution in [0.3, 0.4) is 0 Å². The minimum Gasteiger partial charge on any atom is -0.481 e. The molecule has 1 fully saturated rings. The minimum atomic E-state index is -4.07.